The van der Waals surface area contributed by atoms with E-state index < -0.39 is 9.84 Å². The Bertz CT molecular complexity index is 354. The van der Waals surface area contributed by atoms with E-state index >= 15 is 0 Å². The first kappa shape index (κ1) is 16.3. The van der Waals surface area contributed by atoms with Crippen molar-refractivity contribution in [2.24, 2.45) is 0 Å². The molecule has 1 saturated carbocycles. The largest absolute Gasteiger partial charge is 0.394 e. The van der Waals surface area contributed by atoms with Gasteiger partial charge in [0.15, 0.2) is 0 Å². The summed E-state index contributed by atoms with van der Waals surface area (Å²) in [6.07, 6.45) is 4.52. The topological polar surface area (TPSA) is 66.4 Å². The molecule has 1 fully saturated rings. The summed E-state index contributed by atoms with van der Waals surface area (Å²) in [6.45, 7) is 4.26. The third-order valence-corrected chi connectivity index (χ3v) is 5.45. The number of rotatable bonds is 9. The van der Waals surface area contributed by atoms with Gasteiger partial charge in [-0.15, -0.1) is 0 Å². The second kappa shape index (κ2) is 6.59. The number of thioether (sulfide) groups is 1. The van der Waals surface area contributed by atoms with Crippen molar-refractivity contribution in [3.63, 3.8) is 0 Å². The van der Waals surface area contributed by atoms with Crippen LogP contribution in [0.25, 0.3) is 0 Å². The molecule has 0 bridgehead atoms. The molecule has 0 aromatic carbocycles. The van der Waals surface area contributed by atoms with Gasteiger partial charge >= 0.3 is 0 Å². The number of sulfone groups is 1. The molecule has 108 valence electrons. The molecule has 18 heavy (non-hydrogen) atoms. The van der Waals surface area contributed by atoms with E-state index in [9.17, 15) is 13.5 Å². The van der Waals surface area contributed by atoms with E-state index in [2.05, 4.69) is 12.2 Å². The molecule has 1 aliphatic rings. The van der Waals surface area contributed by atoms with Crippen LogP contribution in [0.2, 0.25) is 0 Å². The first-order chi connectivity index (χ1) is 8.24. The molecule has 0 saturated heterocycles. The van der Waals surface area contributed by atoms with Gasteiger partial charge in [-0.25, -0.2) is 8.42 Å². The average Bonchev–Trinajstić information content (AvgIpc) is 2.99. The highest BCUT2D eigenvalue weighted by Crippen LogP contribution is 2.27. The number of nitrogens with one attached hydrogen (secondary N) is 1. The molecule has 0 aromatic rings. The molecular weight excluding hydrogens is 270 g/mol. The van der Waals surface area contributed by atoms with E-state index in [0.29, 0.717) is 17.0 Å². The summed E-state index contributed by atoms with van der Waals surface area (Å²) in [6, 6.07) is 0.565. The predicted molar refractivity (Wildman–Crippen MR) is 77.9 cm³/mol. The van der Waals surface area contributed by atoms with E-state index in [0.717, 1.165) is 6.42 Å². The van der Waals surface area contributed by atoms with Crippen LogP contribution in [-0.4, -0.2) is 54.7 Å². The Morgan fingerprint density at radius 3 is 2.56 bits per heavy atom. The van der Waals surface area contributed by atoms with Crippen molar-refractivity contribution in [1.29, 1.82) is 0 Å². The summed E-state index contributed by atoms with van der Waals surface area (Å²) in [7, 11) is -2.86. The zero-order chi connectivity index (χ0) is 13.8. The van der Waals surface area contributed by atoms with Crippen molar-refractivity contribution in [2.45, 2.75) is 49.9 Å². The smallest absolute Gasteiger partial charge is 0.148 e. The Labute approximate surface area is 115 Å². The summed E-state index contributed by atoms with van der Waals surface area (Å²) in [5, 5.41) is 13.3. The molecule has 0 spiro atoms. The fourth-order valence-corrected chi connectivity index (χ4v) is 4.47. The van der Waals surface area contributed by atoms with Gasteiger partial charge in [0.05, 0.1) is 12.4 Å². The van der Waals surface area contributed by atoms with Crippen LogP contribution < -0.4 is 5.32 Å². The molecule has 1 aliphatic carbocycles. The fraction of sp³-hybridized carbons (Fsp3) is 1.00. The van der Waals surface area contributed by atoms with Gasteiger partial charge in [0.2, 0.25) is 0 Å². The monoisotopic (exact) mass is 295 g/mol. The Morgan fingerprint density at radius 1 is 1.50 bits per heavy atom. The van der Waals surface area contributed by atoms with Crippen LogP contribution >= 0.6 is 11.8 Å². The van der Waals surface area contributed by atoms with Gasteiger partial charge in [0.25, 0.3) is 0 Å². The summed E-state index contributed by atoms with van der Waals surface area (Å²) < 4.78 is 22.1. The maximum absolute atomic E-state index is 11.0. The summed E-state index contributed by atoms with van der Waals surface area (Å²) in [5.74, 6) is 0.860. The molecular formula is C12H25NO3S2. The number of hydrogen-bond donors (Lipinski definition) is 2. The number of aliphatic hydroxyl groups is 1. The molecule has 0 radical (unpaired) electrons. The molecule has 1 rings (SSSR count). The van der Waals surface area contributed by atoms with Crippen LogP contribution in [0.5, 0.6) is 0 Å². The highest BCUT2D eigenvalue weighted by molar-refractivity contribution is 8.01. The highest BCUT2D eigenvalue weighted by atomic mass is 32.2. The number of hydrogen-bond acceptors (Lipinski definition) is 5. The summed E-state index contributed by atoms with van der Waals surface area (Å²) in [4.78, 5) is 0. The first-order valence-corrected chi connectivity index (χ1v) is 9.53. The van der Waals surface area contributed by atoms with Crippen molar-refractivity contribution >= 4 is 21.6 Å². The van der Waals surface area contributed by atoms with Crippen LogP contribution in [0, 0.1) is 0 Å². The van der Waals surface area contributed by atoms with E-state index in [1.165, 1.54) is 19.1 Å². The average molecular weight is 295 g/mol. The van der Waals surface area contributed by atoms with Crippen molar-refractivity contribution in [2.75, 3.05) is 24.4 Å². The first-order valence-electron chi connectivity index (χ1n) is 6.42. The lowest BCUT2D eigenvalue weighted by molar-refractivity contribution is 0.164. The Morgan fingerprint density at radius 2 is 2.11 bits per heavy atom. The van der Waals surface area contributed by atoms with E-state index in [1.807, 2.05) is 6.92 Å². The van der Waals surface area contributed by atoms with Gasteiger partial charge in [-0.3, -0.25) is 0 Å². The zero-order valence-corrected chi connectivity index (χ0v) is 13.1. The minimum atomic E-state index is -2.86. The van der Waals surface area contributed by atoms with Crippen LogP contribution in [0.15, 0.2) is 0 Å². The predicted octanol–water partition coefficient (Wildman–Crippen LogP) is 1.05. The van der Waals surface area contributed by atoms with Crippen molar-refractivity contribution in [3.05, 3.63) is 0 Å². The minimum Gasteiger partial charge on any atom is -0.394 e. The second-order valence-electron chi connectivity index (χ2n) is 5.65. The molecule has 0 aliphatic heterocycles. The van der Waals surface area contributed by atoms with Crippen LogP contribution in [0.4, 0.5) is 0 Å². The lowest BCUT2D eigenvalue weighted by Gasteiger charge is -2.31. The van der Waals surface area contributed by atoms with Crippen molar-refractivity contribution in [1.82, 2.24) is 5.32 Å². The molecule has 2 atom stereocenters. The molecule has 0 heterocycles. The SMILES string of the molecule is CC(CC(C)(CO)NC1CC1)SCCS(C)(=O)=O. The quantitative estimate of drug-likeness (QED) is 0.665. The zero-order valence-electron chi connectivity index (χ0n) is 11.5. The summed E-state index contributed by atoms with van der Waals surface area (Å²) >= 11 is 1.66. The van der Waals surface area contributed by atoms with Crippen molar-refractivity contribution < 1.29 is 13.5 Å². The summed E-state index contributed by atoms with van der Waals surface area (Å²) in [5.41, 5.74) is -0.237. The molecule has 4 nitrogen and oxygen atoms in total. The van der Waals surface area contributed by atoms with Gasteiger partial charge in [0, 0.05) is 28.8 Å². The Kier molecular flexibility index (Phi) is 5.96. The maximum atomic E-state index is 11.0. The van der Waals surface area contributed by atoms with Crippen molar-refractivity contribution in [3.8, 4) is 0 Å². The standard InChI is InChI=1S/C12H25NO3S2/c1-10(17-6-7-18(3,15)16)8-12(2,9-14)13-11-4-5-11/h10-11,13-14H,4-9H2,1-3H3. The molecule has 6 heteroatoms. The van der Waals surface area contributed by atoms with Gasteiger partial charge in [-0.2, -0.15) is 11.8 Å². The molecule has 2 N–H and O–H groups in total. The van der Waals surface area contributed by atoms with Crippen LogP contribution in [0.1, 0.15) is 33.1 Å². The number of aliphatic hydroxyl groups excluding tert-OH is 1. The van der Waals surface area contributed by atoms with E-state index in [1.54, 1.807) is 11.8 Å². The van der Waals surface area contributed by atoms with Gasteiger partial charge in [-0.05, 0) is 26.2 Å². The minimum absolute atomic E-state index is 0.125. The van der Waals surface area contributed by atoms with Gasteiger partial charge < -0.3 is 10.4 Å². The van der Waals surface area contributed by atoms with Crippen LogP contribution in [-0.2, 0) is 9.84 Å². The molecule has 0 aromatic heterocycles. The maximum Gasteiger partial charge on any atom is 0.148 e. The second-order valence-corrected chi connectivity index (χ2v) is 9.46. The normalized spacial score (nSPS) is 21.6. The van der Waals surface area contributed by atoms with Gasteiger partial charge in [-0.1, -0.05) is 6.92 Å². The molecule has 0 amide bonds. The Hall–Kier alpha value is 0.220. The van der Waals surface area contributed by atoms with E-state index in [-0.39, 0.29) is 17.9 Å². The third-order valence-electron chi connectivity index (χ3n) is 3.07. The Balaban J connectivity index is 2.29. The molecule has 2 unspecified atom stereocenters. The van der Waals surface area contributed by atoms with Crippen LogP contribution in [0.3, 0.4) is 0 Å². The lowest BCUT2D eigenvalue weighted by atomic mass is 9.97. The lowest BCUT2D eigenvalue weighted by Crippen LogP contribution is -2.48. The third kappa shape index (κ3) is 6.97. The highest BCUT2D eigenvalue weighted by Gasteiger charge is 2.33. The van der Waals surface area contributed by atoms with E-state index in [4.69, 9.17) is 0 Å². The van der Waals surface area contributed by atoms with Gasteiger partial charge in [0.1, 0.15) is 9.84 Å². The fourth-order valence-electron chi connectivity index (χ4n) is 1.98.